The Bertz CT molecular complexity index is 694. The Morgan fingerprint density at radius 2 is 1.79 bits per heavy atom. The summed E-state index contributed by atoms with van der Waals surface area (Å²) >= 11 is 0. The van der Waals surface area contributed by atoms with Gasteiger partial charge in [-0.1, -0.05) is 12.1 Å². The molecule has 1 atom stereocenters. The zero-order chi connectivity index (χ0) is 17.7. The first kappa shape index (κ1) is 18.4. The van der Waals surface area contributed by atoms with E-state index in [-0.39, 0.29) is 17.2 Å². The predicted octanol–water partition coefficient (Wildman–Crippen LogP) is 0.993. The molecule has 0 unspecified atom stereocenters. The molecule has 1 aliphatic heterocycles. The predicted molar refractivity (Wildman–Crippen MR) is 88.0 cm³/mol. The van der Waals surface area contributed by atoms with Crippen LogP contribution in [0.5, 0.6) is 0 Å². The second-order valence-corrected chi connectivity index (χ2v) is 7.82. The van der Waals surface area contributed by atoms with Crippen LogP contribution in [0, 0.1) is 0 Å². The van der Waals surface area contributed by atoms with E-state index in [1.807, 2.05) is 0 Å². The van der Waals surface area contributed by atoms with Gasteiger partial charge >= 0.3 is 5.97 Å². The van der Waals surface area contributed by atoms with Gasteiger partial charge in [-0.05, 0) is 43.9 Å². The number of nitrogens with one attached hydrogen (secondary N) is 1. The fraction of sp³-hybridized carbons (Fsp3) is 0.500. The van der Waals surface area contributed by atoms with Crippen LogP contribution in [0.15, 0.2) is 29.2 Å². The summed E-state index contributed by atoms with van der Waals surface area (Å²) in [5.74, 6) is -1.43. The maximum atomic E-state index is 12.4. The first-order valence-corrected chi connectivity index (χ1v) is 9.36. The number of aryl methyl sites for hydroxylation is 1. The van der Waals surface area contributed by atoms with E-state index >= 15 is 0 Å². The number of hydrogen-bond donors (Lipinski definition) is 2. The molecule has 1 aromatic rings. The number of benzene rings is 1. The number of rotatable bonds is 7. The molecule has 132 valence electrons. The van der Waals surface area contributed by atoms with Crippen LogP contribution in [0.4, 0.5) is 0 Å². The summed E-state index contributed by atoms with van der Waals surface area (Å²) < 4.78 is 26.3. The van der Waals surface area contributed by atoms with Gasteiger partial charge in [-0.25, -0.2) is 8.42 Å². The third-order valence-corrected chi connectivity index (χ3v) is 5.93. The van der Waals surface area contributed by atoms with Gasteiger partial charge in [0.25, 0.3) is 0 Å². The van der Waals surface area contributed by atoms with E-state index in [4.69, 9.17) is 5.11 Å². The van der Waals surface area contributed by atoms with E-state index in [1.165, 1.54) is 11.2 Å². The highest BCUT2D eigenvalue weighted by Gasteiger charge is 2.26. The first-order valence-electron chi connectivity index (χ1n) is 7.92. The van der Waals surface area contributed by atoms with Gasteiger partial charge in [0.1, 0.15) is 6.04 Å². The van der Waals surface area contributed by atoms with Gasteiger partial charge in [0.15, 0.2) is 0 Å². The van der Waals surface area contributed by atoms with Crippen molar-refractivity contribution in [3.05, 3.63) is 29.8 Å². The fourth-order valence-corrected chi connectivity index (χ4v) is 4.06. The minimum Gasteiger partial charge on any atom is -0.480 e. The minimum atomic E-state index is -3.42. The van der Waals surface area contributed by atoms with Gasteiger partial charge < -0.3 is 10.4 Å². The van der Waals surface area contributed by atoms with Crippen molar-refractivity contribution in [2.45, 2.75) is 43.5 Å². The number of hydrogen-bond acceptors (Lipinski definition) is 4. The molecule has 2 N–H and O–H groups in total. The Labute approximate surface area is 141 Å². The summed E-state index contributed by atoms with van der Waals surface area (Å²) in [6.07, 6.45) is 2.35. The Hall–Kier alpha value is -1.93. The summed E-state index contributed by atoms with van der Waals surface area (Å²) in [6, 6.07) is 5.57. The third kappa shape index (κ3) is 4.55. The quantitative estimate of drug-likeness (QED) is 0.760. The molecule has 0 radical (unpaired) electrons. The van der Waals surface area contributed by atoms with Gasteiger partial charge in [-0.2, -0.15) is 4.31 Å². The molecule has 8 heteroatoms. The molecule has 0 aromatic heterocycles. The molecule has 2 rings (SSSR count). The molecular formula is C16H22N2O5S. The van der Waals surface area contributed by atoms with Crippen LogP contribution in [0.1, 0.15) is 31.7 Å². The van der Waals surface area contributed by atoms with Gasteiger partial charge in [0.05, 0.1) is 4.90 Å². The summed E-state index contributed by atoms with van der Waals surface area (Å²) in [6.45, 7) is 2.52. The Morgan fingerprint density at radius 3 is 2.33 bits per heavy atom. The summed E-state index contributed by atoms with van der Waals surface area (Å²) in [5, 5.41) is 11.1. The van der Waals surface area contributed by atoms with Crippen LogP contribution in [0.2, 0.25) is 0 Å². The molecule has 1 saturated heterocycles. The number of nitrogens with zero attached hydrogens (tertiary/aromatic N) is 1. The highest BCUT2D eigenvalue weighted by molar-refractivity contribution is 7.89. The highest BCUT2D eigenvalue weighted by atomic mass is 32.2. The lowest BCUT2D eigenvalue weighted by Crippen LogP contribution is -2.38. The molecule has 1 aromatic carbocycles. The number of sulfonamides is 1. The van der Waals surface area contributed by atoms with Crippen LogP contribution in [-0.4, -0.2) is 48.8 Å². The zero-order valence-corrected chi connectivity index (χ0v) is 14.4. The van der Waals surface area contributed by atoms with Crippen molar-refractivity contribution in [3.8, 4) is 0 Å². The van der Waals surface area contributed by atoms with Crippen molar-refractivity contribution in [2.75, 3.05) is 13.1 Å². The lowest BCUT2D eigenvalue weighted by molar-refractivity contribution is -0.141. The Kier molecular flexibility index (Phi) is 5.95. The van der Waals surface area contributed by atoms with Gasteiger partial charge in [-0.3, -0.25) is 9.59 Å². The maximum Gasteiger partial charge on any atom is 0.325 e. The van der Waals surface area contributed by atoms with E-state index in [0.29, 0.717) is 19.5 Å². The Morgan fingerprint density at radius 1 is 1.21 bits per heavy atom. The van der Waals surface area contributed by atoms with Gasteiger partial charge in [0, 0.05) is 19.5 Å². The maximum absolute atomic E-state index is 12.4. The van der Waals surface area contributed by atoms with E-state index in [9.17, 15) is 18.0 Å². The number of amides is 1. The topological polar surface area (TPSA) is 104 Å². The molecule has 0 aliphatic carbocycles. The fourth-order valence-electron chi connectivity index (χ4n) is 2.54. The van der Waals surface area contributed by atoms with Gasteiger partial charge in [0.2, 0.25) is 15.9 Å². The monoisotopic (exact) mass is 354 g/mol. The van der Waals surface area contributed by atoms with Crippen molar-refractivity contribution >= 4 is 21.9 Å². The molecule has 0 bridgehead atoms. The molecule has 1 fully saturated rings. The molecule has 7 nitrogen and oxygen atoms in total. The normalized spacial score (nSPS) is 16.7. The van der Waals surface area contributed by atoms with Crippen LogP contribution < -0.4 is 5.32 Å². The number of carbonyl (C=O) groups is 2. The summed E-state index contributed by atoms with van der Waals surface area (Å²) in [7, 11) is -3.42. The Balaban J connectivity index is 1.92. The molecule has 1 heterocycles. The van der Waals surface area contributed by atoms with Crippen molar-refractivity contribution < 1.29 is 23.1 Å². The second-order valence-electron chi connectivity index (χ2n) is 5.88. The average Bonchev–Trinajstić information content (AvgIpc) is 3.08. The lowest BCUT2D eigenvalue weighted by atomic mass is 10.1. The summed E-state index contributed by atoms with van der Waals surface area (Å²) in [5.41, 5.74) is 0.827. The lowest BCUT2D eigenvalue weighted by Gasteiger charge is -2.15. The molecular weight excluding hydrogens is 332 g/mol. The molecule has 0 saturated carbocycles. The van der Waals surface area contributed by atoms with Crippen molar-refractivity contribution in [1.29, 1.82) is 0 Å². The molecule has 1 aliphatic rings. The number of carboxylic acids is 1. The largest absolute Gasteiger partial charge is 0.480 e. The van der Waals surface area contributed by atoms with Crippen LogP contribution >= 0.6 is 0 Å². The minimum absolute atomic E-state index is 0.149. The average molecular weight is 354 g/mol. The van der Waals surface area contributed by atoms with Crippen molar-refractivity contribution in [3.63, 3.8) is 0 Å². The summed E-state index contributed by atoms with van der Waals surface area (Å²) in [4.78, 5) is 22.6. The van der Waals surface area contributed by atoms with E-state index in [2.05, 4.69) is 5.32 Å². The zero-order valence-electron chi connectivity index (χ0n) is 13.6. The van der Waals surface area contributed by atoms with Crippen LogP contribution in [0.3, 0.4) is 0 Å². The van der Waals surface area contributed by atoms with Crippen LogP contribution in [-0.2, 0) is 26.0 Å². The first-order chi connectivity index (χ1) is 11.3. The SMILES string of the molecule is C[C@@H](NC(=O)CCc1ccc(S(=O)(=O)N2CCCC2)cc1)C(=O)O. The van der Waals surface area contributed by atoms with Crippen molar-refractivity contribution in [2.24, 2.45) is 0 Å². The van der Waals surface area contributed by atoms with E-state index < -0.39 is 22.0 Å². The van der Waals surface area contributed by atoms with E-state index in [0.717, 1.165) is 18.4 Å². The third-order valence-electron chi connectivity index (χ3n) is 4.01. The van der Waals surface area contributed by atoms with Crippen molar-refractivity contribution in [1.82, 2.24) is 9.62 Å². The second kappa shape index (κ2) is 7.76. The van der Waals surface area contributed by atoms with Gasteiger partial charge in [-0.15, -0.1) is 0 Å². The number of carbonyl (C=O) groups excluding carboxylic acids is 1. The molecule has 1 amide bonds. The van der Waals surface area contributed by atoms with Crippen LogP contribution in [0.25, 0.3) is 0 Å². The standard InChI is InChI=1S/C16H22N2O5S/c1-12(16(20)21)17-15(19)9-6-13-4-7-14(8-5-13)24(22,23)18-10-2-3-11-18/h4-5,7-8,12H,2-3,6,9-11H2,1H3,(H,17,19)(H,20,21)/t12-/m1/s1. The number of carboxylic acid groups (broad SMARTS) is 1. The number of aliphatic carboxylic acids is 1. The van der Waals surface area contributed by atoms with E-state index in [1.54, 1.807) is 24.3 Å². The molecule has 24 heavy (non-hydrogen) atoms. The highest BCUT2D eigenvalue weighted by Crippen LogP contribution is 2.21. The smallest absolute Gasteiger partial charge is 0.325 e. The molecule has 0 spiro atoms.